The van der Waals surface area contributed by atoms with Crippen molar-refractivity contribution in [2.45, 2.75) is 17.3 Å². The SMILES string of the molecule is NCc1ccc(S(=O)(=O)NCc2ccccc2Br)s1. The number of nitrogens with two attached hydrogens (primary N) is 1. The molecule has 0 amide bonds. The lowest BCUT2D eigenvalue weighted by Crippen LogP contribution is -2.22. The molecule has 19 heavy (non-hydrogen) atoms. The van der Waals surface area contributed by atoms with Gasteiger partial charge in [-0.2, -0.15) is 0 Å². The van der Waals surface area contributed by atoms with E-state index in [1.807, 2.05) is 24.3 Å². The van der Waals surface area contributed by atoms with Crippen LogP contribution in [0.2, 0.25) is 0 Å². The molecule has 1 aromatic carbocycles. The van der Waals surface area contributed by atoms with E-state index in [0.717, 1.165) is 14.9 Å². The topological polar surface area (TPSA) is 72.2 Å². The molecule has 0 saturated carbocycles. The molecule has 0 aliphatic carbocycles. The number of benzene rings is 1. The average molecular weight is 361 g/mol. The van der Waals surface area contributed by atoms with Crippen LogP contribution in [0.25, 0.3) is 0 Å². The maximum atomic E-state index is 12.1. The van der Waals surface area contributed by atoms with Gasteiger partial charge < -0.3 is 5.73 Å². The second-order valence-electron chi connectivity index (χ2n) is 3.84. The van der Waals surface area contributed by atoms with Crippen LogP contribution in [-0.4, -0.2) is 8.42 Å². The van der Waals surface area contributed by atoms with Crippen LogP contribution in [-0.2, 0) is 23.1 Å². The molecule has 0 aliphatic rings. The number of thiophene rings is 1. The van der Waals surface area contributed by atoms with Crippen molar-refractivity contribution < 1.29 is 8.42 Å². The number of hydrogen-bond acceptors (Lipinski definition) is 4. The van der Waals surface area contributed by atoms with Crippen LogP contribution in [0.4, 0.5) is 0 Å². The Labute approximate surface area is 124 Å². The van der Waals surface area contributed by atoms with Gasteiger partial charge in [-0.3, -0.25) is 0 Å². The Morgan fingerprint density at radius 3 is 2.58 bits per heavy atom. The van der Waals surface area contributed by atoms with Gasteiger partial charge in [0.05, 0.1) is 0 Å². The van der Waals surface area contributed by atoms with E-state index >= 15 is 0 Å². The third-order valence-corrected chi connectivity index (χ3v) is 6.29. The predicted molar refractivity (Wildman–Crippen MR) is 80.4 cm³/mol. The van der Waals surface area contributed by atoms with Crippen molar-refractivity contribution >= 4 is 37.3 Å². The lowest BCUT2D eigenvalue weighted by Gasteiger charge is -2.06. The molecular formula is C12H13BrN2O2S2. The molecule has 0 spiro atoms. The molecule has 102 valence electrons. The van der Waals surface area contributed by atoms with Crippen LogP contribution < -0.4 is 10.5 Å². The molecule has 1 heterocycles. The zero-order chi connectivity index (χ0) is 13.9. The molecule has 1 aromatic heterocycles. The van der Waals surface area contributed by atoms with E-state index in [-0.39, 0.29) is 6.54 Å². The summed E-state index contributed by atoms with van der Waals surface area (Å²) in [7, 11) is -3.47. The highest BCUT2D eigenvalue weighted by Crippen LogP contribution is 2.22. The number of halogens is 1. The second kappa shape index (κ2) is 6.15. The van der Waals surface area contributed by atoms with Crippen LogP contribution in [0, 0.1) is 0 Å². The molecule has 0 radical (unpaired) electrons. The van der Waals surface area contributed by atoms with Crippen LogP contribution >= 0.6 is 27.3 Å². The summed E-state index contributed by atoms with van der Waals surface area (Å²) in [5.74, 6) is 0. The van der Waals surface area contributed by atoms with Gasteiger partial charge in [0.1, 0.15) is 4.21 Å². The largest absolute Gasteiger partial charge is 0.326 e. The predicted octanol–water partition coefficient (Wildman–Crippen LogP) is 2.45. The first-order valence-corrected chi connectivity index (χ1v) is 8.64. The van der Waals surface area contributed by atoms with E-state index < -0.39 is 10.0 Å². The van der Waals surface area contributed by atoms with E-state index in [9.17, 15) is 8.42 Å². The molecule has 0 bridgehead atoms. The van der Waals surface area contributed by atoms with Crippen molar-refractivity contribution in [2.24, 2.45) is 5.73 Å². The summed E-state index contributed by atoms with van der Waals surface area (Å²) >= 11 is 4.58. The van der Waals surface area contributed by atoms with Crippen molar-refractivity contribution in [1.29, 1.82) is 0 Å². The Balaban J connectivity index is 2.12. The van der Waals surface area contributed by atoms with Crippen molar-refractivity contribution in [1.82, 2.24) is 4.72 Å². The van der Waals surface area contributed by atoms with E-state index in [1.54, 1.807) is 12.1 Å². The van der Waals surface area contributed by atoms with Gasteiger partial charge in [0.15, 0.2) is 0 Å². The zero-order valence-corrected chi connectivity index (χ0v) is 13.2. The Bertz CT molecular complexity index is 668. The standard InChI is InChI=1S/C12H13BrN2O2S2/c13-11-4-2-1-3-9(11)8-15-19(16,17)12-6-5-10(7-14)18-12/h1-6,15H,7-8,14H2. The van der Waals surface area contributed by atoms with E-state index in [4.69, 9.17) is 5.73 Å². The first kappa shape index (κ1) is 14.7. The lowest BCUT2D eigenvalue weighted by atomic mass is 10.2. The highest BCUT2D eigenvalue weighted by atomic mass is 79.9. The van der Waals surface area contributed by atoms with Gasteiger partial charge in [-0.05, 0) is 23.8 Å². The normalized spacial score (nSPS) is 11.7. The highest BCUT2D eigenvalue weighted by molar-refractivity contribution is 9.10. The molecular weight excluding hydrogens is 348 g/mol. The van der Waals surface area contributed by atoms with Crippen LogP contribution in [0.3, 0.4) is 0 Å². The fraction of sp³-hybridized carbons (Fsp3) is 0.167. The Kier molecular flexibility index (Phi) is 4.75. The van der Waals surface area contributed by atoms with Crippen LogP contribution in [0.1, 0.15) is 10.4 Å². The zero-order valence-electron chi connectivity index (χ0n) is 9.97. The van der Waals surface area contributed by atoms with Gasteiger partial charge in [-0.25, -0.2) is 13.1 Å². The van der Waals surface area contributed by atoms with Gasteiger partial charge in [-0.1, -0.05) is 34.1 Å². The van der Waals surface area contributed by atoms with E-state index in [0.29, 0.717) is 10.8 Å². The molecule has 2 rings (SSSR count). The molecule has 0 fully saturated rings. The minimum absolute atomic E-state index is 0.250. The van der Waals surface area contributed by atoms with Crippen LogP contribution in [0.5, 0.6) is 0 Å². The highest BCUT2D eigenvalue weighted by Gasteiger charge is 2.16. The Hall–Kier alpha value is -0.730. The van der Waals surface area contributed by atoms with Crippen LogP contribution in [0.15, 0.2) is 45.1 Å². The smallest absolute Gasteiger partial charge is 0.250 e. The summed E-state index contributed by atoms with van der Waals surface area (Å²) in [6, 6.07) is 10.8. The first-order chi connectivity index (χ1) is 9.03. The second-order valence-corrected chi connectivity index (χ2v) is 7.86. The van der Waals surface area contributed by atoms with Crippen molar-refractivity contribution in [3.8, 4) is 0 Å². The first-order valence-electron chi connectivity index (χ1n) is 5.55. The van der Waals surface area contributed by atoms with Gasteiger partial charge in [0.25, 0.3) is 0 Å². The molecule has 7 heteroatoms. The Morgan fingerprint density at radius 2 is 1.95 bits per heavy atom. The minimum Gasteiger partial charge on any atom is -0.326 e. The third-order valence-electron chi connectivity index (χ3n) is 2.51. The van der Waals surface area contributed by atoms with Gasteiger partial charge in [0.2, 0.25) is 10.0 Å². The van der Waals surface area contributed by atoms with Crippen molar-refractivity contribution in [3.05, 3.63) is 51.3 Å². The van der Waals surface area contributed by atoms with E-state index in [2.05, 4.69) is 20.7 Å². The van der Waals surface area contributed by atoms with Crippen molar-refractivity contribution in [2.75, 3.05) is 0 Å². The third kappa shape index (κ3) is 3.64. The molecule has 3 N–H and O–H groups in total. The minimum atomic E-state index is -3.47. The molecule has 2 aromatic rings. The summed E-state index contributed by atoms with van der Waals surface area (Å²) < 4.78 is 27.9. The number of rotatable bonds is 5. The maximum Gasteiger partial charge on any atom is 0.250 e. The fourth-order valence-corrected chi connectivity index (χ4v) is 4.21. The molecule has 0 aliphatic heterocycles. The quantitative estimate of drug-likeness (QED) is 0.859. The average Bonchev–Trinajstić information content (AvgIpc) is 2.87. The molecule has 0 unspecified atom stereocenters. The summed E-state index contributed by atoms with van der Waals surface area (Å²) in [5, 5.41) is 0. The fourth-order valence-electron chi connectivity index (χ4n) is 1.50. The summed E-state index contributed by atoms with van der Waals surface area (Å²) in [6.07, 6.45) is 0. The van der Waals surface area contributed by atoms with Gasteiger partial charge in [0, 0.05) is 22.4 Å². The molecule has 0 saturated heterocycles. The molecule has 0 atom stereocenters. The number of hydrogen-bond donors (Lipinski definition) is 2. The Morgan fingerprint density at radius 1 is 1.21 bits per heavy atom. The molecule has 4 nitrogen and oxygen atoms in total. The summed E-state index contributed by atoms with van der Waals surface area (Å²) in [4.78, 5) is 0.848. The van der Waals surface area contributed by atoms with Crippen molar-refractivity contribution in [3.63, 3.8) is 0 Å². The van der Waals surface area contributed by atoms with E-state index in [1.165, 1.54) is 11.3 Å². The summed E-state index contributed by atoms with van der Waals surface area (Å²) in [6.45, 7) is 0.601. The van der Waals surface area contributed by atoms with Gasteiger partial charge >= 0.3 is 0 Å². The van der Waals surface area contributed by atoms with Gasteiger partial charge in [-0.15, -0.1) is 11.3 Å². The lowest BCUT2D eigenvalue weighted by molar-refractivity contribution is 0.583. The number of nitrogens with one attached hydrogen (secondary N) is 1. The number of sulfonamides is 1. The summed E-state index contributed by atoms with van der Waals surface area (Å²) in [5.41, 5.74) is 6.37. The monoisotopic (exact) mass is 360 g/mol. The maximum absolute atomic E-state index is 12.1.